The topological polar surface area (TPSA) is 79.4 Å². The number of rotatable bonds is 4. The number of hydrogen-bond acceptors (Lipinski definition) is 4. The smallest absolute Gasteiger partial charge is 0.386 e. The molecule has 0 fully saturated rings. The molecule has 0 bridgehead atoms. The Labute approximate surface area is 156 Å². The fourth-order valence-corrected chi connectivity index (χ4v) is 2.97. The number of nitrogens with two attached hydrogens (primary N) is 1. The van der Waals surface area contributed by atoms with Gasteiger partial charge in [0.15, 0.2) is 5.82 Å². The summed E-state index contributed by atoms with van der Waals surface area (Å²) in [5.74, 6) is -2.27. The molecule has 1 atom stereocenters. The minimum atomic E-state index is -5.36. The van der Waals surface area contributed by atoms with E-state index >= 15 is 0 Å². The van der Waals surface area contributed by atoms with E-state index in [1.807, 2.05) is 0 Å². The molecule has 0 aliphatic carbocycles. The number of hydrogen-bond donors (Lipinski definition) is 3. The van der Waals surface area contributed by atoms with Crippen LogP contribution in [0.1, 0.15) is 25.1 Å². The highest BCUT2D eigenvalue weighted by Gasteiger charge is 2.57. The van der Waals surface area contributed by atoms with Crippen molar-refractivity contribution in [2.75, 3.05) is 6.54 Å². The number of aliphatic hydroxyl groups is 2. The van der Waals surface area contributed by atoms with Crippen molar-refractivity contribution in [3.8, 4) is 11.3 Å². The van der Waals surface area contributed by atoms with Crippen LogP contribution in [0.2, 0.25) is 5.02 Å². The van der Waals surface area contributed by atoms with E-state index in [4.69, 9.17) is 17.3 Å². The Hall–Kier alpha value is -1.81. The van der Waals surface area contributed by atoms with Crippen molar-refractivity contribution in [2.24, 2.45) is 5.73 Å². The average Bonchev–Trinajstić information content (AvgIpc) is 2.53. The van der Waals surface area contributed by atoms with Crippen molar-refractivity contribution < 1.29 is 32.2 Å². The highest BCUT2D eigenvalue weighted by molar-refractivity contribution is 6.34. The van der Waals surface area contributed by atoms with E-state index in [2.05, 4.69) is 4.98 Å². The van der Waals surface area contributed by atoms with Crippen LogP contribution in [0.3, 0.4) is 0 Å². The van der Waals surface area contributed by atoms with Gasteiger partial charge < -0.3 is 15.9 Å². The Kier molecular flexibility index (Phi) is 5.55. The summed E-state index contributed by atoms with van der Waals surface area (Å²) in [7, 11) is 0. The highest BCUT2D eigenvalue weighted by atomic mass is 35.5. The Morgan fingerprint density at radius 1 is 1.07 bits per heavy atom. The highest BCUT2D eigenvalue weighted by Crippen LogP contribution is 2.44. The van der Waals surface area contributed by atoms with Crippen molar-refractivity contribution in [2.45, 2.75) is 31.2 Å². The van der Waals surface area contributed by atoms with E-state index in [1.165, 1.54) is 0 Å². The molecule has 27 heavy (non-hydrogen) atoms. The molecule has 0 aliphatic heterocycles. The number of aromatic nitrogens is 1. The second kappa shape index (κ2) is 6.97. The summed E-state index contributed by atoms with van der Waals surface area (Å²) >= 11 is 6.10. The quantitative estimate of drug-likeness (QED) is 0.673. The summed E-state index contributed by atoms with van der Waals surface area (Å²) in [6.07, 6.45) is -5.36. The van der Waals surface area contributed by atoms with E-state index in [9.17, 15) is 32.2 Å². The maximum absolute atomic E-state index is 14.9. The van der Waals surface area contributed by atoms with Crippen LogP contribution in [0.25, 0.3) is 11.3 Å². The molecule has 0 amide bonds. The van der Waals surface area contributed by atoms with Gasteiger partial charge in [-0.2, -0.15) is 13.2 Å². The van der Waals surface area contributed by atoms with Crippen molar-refractivity contribution in [1.82, 2.24) is 4.98 Å². The third kappa shape index (κ3) is 3.77. The van der Waals surface area contributed by atoms with Gasteiger partial charge in [0.05, 0.1) is 16.3 Å². The maximum atomic E-state index is 14.9. The van der Waals surface area contributed by atoms with Crippen LogP contribution in [0.4, 0.5) is 22.0 Å². The summed E-state index contributed by atoms with van der Waals surface area (Å²) in [4.78, 5) is 3.56. The predicted octanol–water partition coefficient (Wildman–Crippen LogP) is 3.62. The van der Waals surface area contributed by atoms with Gasteiger partial charge in [-0.25, -0.2) is 13.8 Å². The summed E-state index contributed by atoms with van der Waals surface area (Å²) in [5.41, 5.74) is -3.22. The van der Waals surface area contributed by atoms with Gasteiger partial charge in [0.2, 0.25) is 5.60 Å². The van der Waals surface area contributed by atoms with Crippen molar-refractivity contribution >= 4 is 11.6 Å². The maximum Gasteiger partial charge on any atom is 0.424 e. The molecule has 4 nitrogen and oxygen atoms in total. The molecule has 2 aromatic rings. The molecule has 0 saturated heterocycles. The second-order valence-corrected chi connectivity index (χ2v) is 6.82. The summed E-state index contributed by atoms with van der Waals surface area (Å²) in [5, 5.41) is 19.8. The molecule has 0 unspecified atom stereocenters. The zero-order chi connectivity index (χ0) is 20.8. The van der Waals surface area contributed by atoms with Crippen LogP contribution in [-0.2, 0) is 11.2 Å². The van der Waals surface area contributed by atoms with Crippen molar-refractivity contribution in [3.63, 3.8) is 0 Å². The number of nitrogens with zero attached hydrogens (tertiary/aromatic N) is 1. The first-order chi connectivity index (χ1) is 12.2. The largest absolute Gasteiger partial charge is 0.424 e. The molecule has 1 aromatic heterocycles. The molecule has 10 heteroatoms. The Bertz CT molecular complexity index is 850. The number of halogens is 6. The van der Waals surface area contributed by atoms with Crippen LogP contribution < -0.4 is 5.73 Å². The zero-order valence-corrected chi connectivity index (χ0v) is 15.0. The summed E-state index contributed by atoms with van der Waals surface area (Å²) < 4.78 is 68.3. The second-order valence-electron chi connectivity index (χ2n) is 6.44. The Morgan fingerprint density at radius 3 is 2.00 bits per heavy atom. The van der Waals surface area contributed by atoms with Gasteiger partial charge in [-0.05, 0) is 38.1 Å². The van der Waals surface area contributed by atoms with Gasteiger partial charge in [-0.3, -0.25) is 0 Å². The minimum Gasteiger partial charge on any atom is -0.386 e. The van der Waals surface area contributed by atoms with Crippen LogP contribution in [0.15, 0.2) is 24.3 Å². The molecule has 0 saturated carbocycles. The predicted molar refractivity (Wildman–Crippen MR) is 88.9 cm³/mol. The first-order valence-corrected chi connectivity index (χ1v) is 7.99. The SMILES string of the molecule is CC(C)(O)c1c(F)c([C@@](O)(CN)C(F)(F)F)nc(-c2ccc(F)cc2)c1Cl. The molecule has 0 aliphatic rings. The Balaban J connectivity index is 2.94. The molecule has 0 spiro atoms. The molecule has 4 N–H and O–H groups in total. The molecule has 1 aromatic carbocycles. The zero-order valence-electron chi connectivity index (χ0n) is 14.2. The van der Waals surface area contributed by atoms with Crippen LogP contribution in [0, 0.1) is 11.6 Å². The monoisotopic (exact) mass is 410 g/mol. The van der Waals surface area contributed by atoms with Gasteiger partial charge in [-0.15, -0.1) is 0 Å². The number of alkyl halides is 3. The molecule has 148 valence electrons. The van der Waals surface area contributed by atoms with Crippen LogP contribution >= 0.6 is 11.6 Å². The summed E-state index contributed by atoms with van der Waals surface area (Å²) in [6.45, 7) is 0.783. The first kappa shape index (κ1) is 21.5. The van der Waals surface area contributed by atoms with Crippen molar-refractivity contribution in [1.29, 1.82) is 0 Å². The fraction of sp³-hybridized carbons (Fsp3) is 0.353. The molecular weight excluding hydrogens is 395 g/mol. The van der Waals surface area contributed by atoms with Crippen LogP contribution in [0.5, 0.6) is 0 Å². The number of benzene rings is 1. The van der Waals surface area contributed by atoms with Gasteiger partial charge in [0.25, 0.3) is 0 Å². The van der Waals surface area contributed by atoms with E-state index in [0.717, 1.165) is 38.1 Å². The fourth-order valence-electron chi connectivity index (χ4n) is 2.50. The normalized spacial score (nSPS) is 14.9. The average molecular weight is 411 g/mol. The van der Waals surface area contributed by atoms with Gasteiger partial charge in [0.1, 0.15) is 11.5 Å². The van der Waals surface area contributed by atoms with Gasteiger partial charge in [0, 0.05) is 17.7 Å². The first-order valence-electron chi connectivity index (χ1n) is 7.61. The van der Waals surface area contributed by atoms with E-state index in [-0.39, 0.29) is 11.3 Å². The third-order valence-electron chi connectivity index (χ3n) is 3.96. The molecular formula is C17H16ClF5N2O2. The molecule has 1 heterocycles. The molecule has 2 rings (SSSR count). The van der Waals surface area contributed by atoms with Gasteiger partial charge >= 0.3 is 6.18 Å². The molecule has 0 radical (unpaired) electrons. The van der Waals surface area contributed by atoms with Crippen LogP contribution in [-0.4, -0.2) is 27.9 Å². The van der Waals surface area contributed by atoms with E-state index in [1.54, 1.807) is 0 Å². The third-order valence-corrected chi connectivity index (χ3v) is 4.33. The lowest BCUT2D eigenvalue weighted by atomic mass is 9.90. The number of pyridine rings is 1. The lowest BCUT2D eigenvalue weighted by Crippen LogP contribution is -2.50. The van der Waals surface area contributed by atoms with E-state index < -0.39 is 51.8 Å². The minimum absolute atomic E-state index is 0.0506. The lowest BCUT2D eigenvalue weighted by molar-refractivity contribution is -0.264. The van der Waals surface area contributed by atoms with Crippen molar-refractivity contribution in [3.05, 3.63) is 52.2 Å². The van der Waals surface area contributed by atoms with Gasteiger partial charge in [-0.1, -0.05) is 11.6 Å². The standard InChI is InChI=1S/C17H16ClF5N2O2/c1-15(2,26)10-11(18)13(8-3-5-9(19)6-4-8)25-14(12(10)20)16(27,7-24)17(21,22)23/h3-6,26-27H,7,24H2,1-2H3/t16-/m0/s1. The lowest BCUT2D eigenvalue weighted by Gasteiger charge is -2.31. The Morgan fingerprint density at radius 2 is 1.59 bits per heavy atom. The van der Waals surface area contributed by atoms with E-state index in [0.29, 0.717) is 0 Å². The summed E-state index contributed by atoms with van der Waals surface area (Å²) in [6, 6.07) is 4.32.